The van der Waals surface area contributed by atoms with Gasteiger partial charge in [0.15, 0.2) is 0 Å². The Labute approximate surface area is 155 Å². The van der Waals surface area contributed by atoms with Crippen molar-refractivity contribution in [2.45, 2.75) is 39.5 Å². The second-order valence-electron chi connectivity index (χ2n) is 7.40. The van der Waals surface area contributed by atoms with Gasteiger partial charge in [-0.1, -0.05) is 64.1 Å². The lowest BCUT2D eigenvalue weighted by atomic mass is 9.81. The van der Waals surface area contributed by atoms with Crippen LogP contribution in [-0.2, 0) is 0 Å². The Hall–Kier alpha value is -2.74. The molecule has 2 N–H and O–H groups in total. The average Bonchev–Trinajstić information content (AvgIpc) is 2.61. The minimum Gasteiger partial charge on any atom is -0.508 e. The molecule has 0 spiro atoms. The highest BCUT2D eigenvalue weighted by molar-refractivity contribution is 5.89. The van der Waals surface area contributed by atoms with Crippen molar-refractivity contribution in [2.24, 2.45) is 0 Å². The fourth-order valence-corrected chi connectivity index (χ4v) is 3.48. The van der Waals surface area contributed by atoms with Gasteiger partial charge in [-0.15, -0.1) is 0 Å². The van der Waals surface area contributed by atoms with Crippen LogP contribution >= 0.6 is 0 Å². The molecule has 0 radical (unpaired) electrons. The molecular formula is C24H26O2. The Morgan fingerprint density at radius 3 is 1.08 bits per heavy atom. The molecule has 2 nitrogen and oxygen atoms in total. The van der Waals surface area contributed by atoms with Crippen LogP contribution in [0.4, 0.5) is 0 Å². The maximum Gasteiger partial charge on any atom is 0.115 e. The number of aromatic hydroxyl groups is 2. The highest BCUT2D eigenvalue weighted by Crippen LogP contribution is 2.43. The quantitative estimate of drug-likeness (QED) is 0.553. The molecule has 0 unspecified atom stereocenters. The molecule has 0 aliphatic carbocycles. The first-order chi connectivity index (χ1) is 12.4. The molecule has 0 heterocycles. The van der Waals surface area contributed by atoms with Crippen LogP contribution in [0.15, 0.2) is 60.7 Å². The minimum atomic E-state index is 0.269. The van der Waals surface area contributed by atoms with Crippen LogP contribution in [-0.4, -0.2) is 10.2 Å². The van der Waals surface area contributed by atoms with Crippen molar-refractivity contribution in [3.05, 3.63) is 71.8 Å². The van der Waals surface area contributed by atoms with E-state index in [1.54, 1.807) is 24.3 Å². The van der Waals surface area contributed by atoms with Crippen molar-refractivity contribution in [1.29, 1.82) is 0 Å². The number of benzene rings is 3. The number of hydrogen-bond acceptors (Lipinski definition) is 2. The van der Waals surface area contributed by atoms with Crippen LogP contribution < -0.4 is 0 Å². The number of phenols is 2. The summed E-state index contributed by atoms with van der Waals surface area (Å²) in [6.45, 7) is 8.81. The third-order valence-corrected chi connectivity index (χ3v) is 4.83. The maximum absolute atomic E-state index is 9.71. The van der Waals surface area contributed by atoms with Crippen molar-refractivity contribution in [3.8, 4) is 33.8 Å². The standard InChI is InChI=1S/C24H26O2/c1-15(2)21-13-14-22(16(3)4)24(18-7-11-20(26)12-8-18)23(21)17-5-9-19(25)10-6-17/h5-16,25-26H,1-4H3. The molecule has 3 rings (SSSR count). The predicted octanol–water partition coefficient (Wildman–Crippen LogP) is 6.68. The number of phenolic OH excluding ortho intramolecular Hbond substituents is 2. The van der Waals surface area contributed by atoms with E-state index < -0.39 is 0 Å². The first-order valence-electron chi connectivity index (χ1n) is 9.14. The lowest BCUT2D eigenvalue weighted by molar-refractivity contribution is 0.475. The van der Waals surface area contributed by atoms with Crippen molar-refractivity contribution < 1.29 is 10.2 Å². The van der Waals surface area contributed by atoms with Crippen molar-refractivity contribution in [1.82, 2.24) is 0 Å². The van der Waals surface area contributed by atoms with Crippen LogP contribution in [0.1, 0.15) is 50.7 Å². The van der Waals surface area contributed by atoms with Gasteiger partial charge in [-0.3, -0.25) is 0 Å². The molecule has 3 aromatic carbocycles. The topological polar surface area (TPSA) is 40.5 Å². The number of hydrogen-bond donors (Lipinski definition) is 2. The van der Waals surface area contributed by atoms with E-state index in [2.05, 4.69) is 39.8 Å². The molecule has 0 saturated heterocycles. The Kier molecular flexibility index (Phi) is 5.03. The van der Waals surface area contributed by atoms with Gasteiger partial charge in [0.1, 0.15) is 11.5 Å². The highest BCUT2D eigenvalue weighted by Gasteiger charge is 2.20. The molecule has 0 saturated carbocycles. The summed E-state index contributed by atoms with van der Waals surface area (Å²) >= 11 is 0. The summed E-state index contributed by atoms with van der Waals surface area (Å²) in [7, 11) is 0. The molecule has 0 aliphatic heterocycles. The molecule has 0 amide bonds. The fourth-order valence-electron chi connectivity index (χ4n) is 3.48. The molecule has 0 bridgehead atoms. The summed E-state index contributed by atoms with van der Waals surface area (Å²) in [4.78, 5) is 0. The van der Waals surface area contributed by atoms with Crippen LogP contribution in [0.5, 0.6) is 11.5 Å². The van der Waals surface area contributed by atoms with Crippen molar-refractivity contribution in [2.75, 3.05) is 0 Å². The fraction of sp³-hybridized carbons (Fsp3) is 0.250. The van der Waals surface area contributed by atoms with Crippen LogP contribution in [0.2, 0.25) is 0 Å². The molecule has 0 fully saturated rings. The lowest BCUT2D eigenvalue weighted by Crippen LogP contribution is -2.01. The van der Waals surface area contributed by atoms with E-state index in [1.165, 1.54) is 22.3 Å². The largest absolute Gasteiger partial charge is 0.508 e. The lowest BCUT2D eigenvalue weighted by Gasteiger charge is -2.23. The van der Waals surface area contributed by atoms with Gasteiger partial charge in [-0.05, 0) is 69.5 Å². The highest BCUT2D eigenvalue weighted by atomic mass is 16.3. The Bertz CT molecular complexity index is 812. The summed E-state index contributed by atoms with van der Waals surface area (Å²) in [5, 5.41) is 19.4. The zero-order valence-electron chi connectivity index (χ0n) is 15.8. The molecule has 3 aromatic rings. The van der Waals surface area contributed by atoms with E-state index in [0.29, 0.717) is 11.8 Å². The molecule has 134 valence electrons. The molecule has 26 heavy (non-hydrogen) atoms. The Morgan fingerprint density at radius 1 is 0.500 bits per heavy atom. The van der Waals surface area contributed by atoms with Gasteiger partial charge in [0.25, 0.3) is 0 Å². The van der Waals surface area contributed by atoms with E-state index in [9.17, 15) is 10.2 Å². The average molecular weight is 346 g/mol. The first kappa shape index (κ1) is 18.1. The van der Waals surface area contributed by atoms with Crippen LogP contribution in [0.3, 0.4) is 0 Å². The van der Waals surface area contributed by atoms with Crippen LogP contribution in [0, 0.1) is 0 Å². The van der Waals surface area contributed by atoms with Gasteiger partial charge in [0, 0.05) is 0 Å². The molecule has 0 aliphatic rings. The van der Waals surface area contributed by atoms with Gasteiger partial charge < -0.3 is 10.2 Å². The summed E-state index contributed by atoms with van der Waals surface area (Å²) in [6, 6.07) is 19.3. The zero-order chi connectivity index (χ0) is 18.8. The van der Waals surface area contributed by atoms with Gasteiger partial charge in [0.2, 0.25) is 0 Å². The minimum absolute atomic E-state index is 0.269. The second-order valence-corrected chi connectivity index (χ2v) is 7.40. The molecule has 0 aromatic heterocycles. The molecular weight excluding hydrogens is 320 g/mol. The third-order valence-electron chi connectivity index (χ3n) is 4.83. The number of rotatable bonds is 4. The van der Waals surface area contributed by atoms with Crippen molar-refractivity contribution >= 4 is 0 Å². The summed E-state index contributed by atoms with van der Waals surface area (Å²) in [5.74, 6) is 1.28. The van der Waals surface area contributed by atoms with Gasteiger partial charge in [-0.2, -0.15) is 0 Å². The monoisotopic (exact) mass is 346 g/mol. The third kappa shape index (κ3) is 3.45. The van der Waals surface area contributed by atoms with E-state index in [4.69, 9.17) is 0 Å². The van der Waals surface area contributed by atoms with E-state index >= 15 is 0 Å². The Morgan fingerprint density at radius 2 is 0.808 bits per heavy atom. The summed E-state index contributed by atoms with van der Waals surface area (Å²) < 4.78 is 0. The SMILES string of the molecule is CC(C)c1ccc(C(C)C)c(-c2ccc(O)cc2)c1-c1ccc(O)cc1. The first-order valence-corrected chi connectivity index (χ1v) is 9.14. The van der Waals surface area contributed by atoms with Gasteiger partial charge in [-0.25, -0.2) is 0 Å². The molecule has 2 heteroatoms. The summed E-state index contributed by atoms with van der Waals surface area (Å²) in [5.41, 5.74) is 7.16. The van der Waals surface area contributed by atoms with Gasteiger partial charge >= 0.3 is 0 Å². The normalized spacial score (nSPS) is 11.3. The van der Waals surface area contributed by atoms with Crippen molar-refractivity contribution in [3.63, 3.8) is 0 Å². The Balaban J connectivity index is 2.39. The van der Waals surface area contributed by atoms with E-state index in [0.717, 1.165) is 11.1 Å². The maximum atomic E-state index is 9.71. The molecule has 0 atom stereocenters. The van der Waals surface area contributed by atoms with Gasteiger partial charge in [0.05, 0.1) is 0 Å². The predicted molar refractivity (Wildman–Crippen MR) is 109 cm³/mol. The van der Waals surface area contributed by atoms with E-state index in [-0.39, 0.29) is 11.5 Å². The smallest absolute Gasteiger partial charge is 0.115 e. The second kappa shape index (κ2) is 7.25. The van der Waals surface area contributed by atoms with Crippen LogP contribution in [0.25, 0.3) is 22.3 Å². The van der Waals surface area contributed by atoms with E-state index in [1.807, 2.05) is 24.3 Å². The summed E-state index contributed by atoms with van der Waals surface area (Å²) in [6.07, 6.45) is 0. The zero-order valence-corrected chi connectivity index (χ0v) is 15.8.